The standard InChI is InChI=1S/C15H20O2S/c1-12-7-5-6-10-14(12)15(16)11-18(17)13-8-3-2-4-9-13/h5-7,10,13H,2-4,8-9,11H2,1H3. The van der Waals surface area contributed by atoms with E-state index in [1.165, 1.54) is 6.42 Å². The Morgan fingerprint density at radius 3 is 2.56 bits per heavy atom. The summed E-state index contributed by atoms with van der Waals surface area (Å²) in [5, 5.41) is 0.242. The van der Waals surface area contributed by atoms with Crippen LogP contribution in [-0.4, -0.2) is 21.0 Å². The first-order chi connectivity index (χ1) is 8.68. The number of benzene rings is 1. The molecule has 1 fully saturated rings. The van der Waals surface area contributed by atoms with Crippen LogP contribution in [0.1, 0.15) is 48.0 Å². The van der Waals surface area contributed by atoms with Gasteiger partial charge in [-0.25, -0.2) is 0 Å². The Morgan fingerprint density at radius 2 is 1.89 bits per heavy atom. The zero-order chi connectivity index (χ0) is 13.0. The largest absolute Gasteiger partial charge is 0.293 e. The molecule has 0 aromatic heterocycles. The topological polar surface area (TPSA) is 34.1 Å². The predicted molar refractivity (Wildman–Crippen MR) is 75.4 cm³/mol. The molecule has 0 spiro atoms. The van der Waals surface area contributed by atoms with Crippen LogP contribution in [0, 0.1) is 6.92 Å². The molecule has 1 atom stereocenters. The lowest BCUT2D eigenvalue weighted by Crippen LogP contribution is -2.24. The number of carbonyl (C=O) groups is 1. The molecule has 1 aromatic rings. The van der Waals surface area contributed by atoms with E-state index < -0.39 is 10.8 Å². The molecular weight excluding hydrogens is 244 g/mol. The number of ketones is 1. The molecule has 0 N–H and O–H groups in total. The molecule has 18 heavy (non-hydrogen) atoms. The number of Topliss-reactive ketones (excluding diaryl/α,β-unsaturated/α-hetero) is 1. The van der Waals surface area contributed by atoms with Crippen molar-refractivity contribution in [1.29, 1.82) is 0 Å². The van der Waals surface area contributed by atoms with Gasteiger partial charge in [0.15, 0.2) is 5.78 Å². The number of hydrogen-bond donors (Lipinski definition) is 0. The van der Waals surface area contributed by atoms with Gasteiger partial charge in [0.25, 0.3) is 0 Å². The van der Waals surface area contributed by atoms with Gasteiger partial charge in [-0.2, -0.15) is 0 Å². The summed E-state index contributed by atoms with van der Waals surface area (Å²) in [5.41, 5.74) is 1.70. The average molecular weight is 264 g/mol. The van der Waals surface area contributed by atoms with Crippen LogP contribution < -0.4 is 0 Å². The van der Waals surface area contributed by atoms with E-state index in [9.17, 15) is 9.00 Å². The minimum absolute atomic E-state index is 0.0250. The van der Waals surface area contributed by atoms with Crippen LogP contribution in [0.25, 0.3) is 0 Å². The Morgan fingerprint density at radius 1 is 1.22 bits per heavy atom. The van der Waals surface area contributed by atoms with E-state index >= 15 is 0 Å². The van der Waals surface area contributed by atoms with Crippen molar-refractivity contribution in [3.63, 3.8) is 0 Å². The lowest BCUT2D eigenvalue weighted by molar-refractivity contribution is 0.102. The fourth-order valence-corrected chi connectivity index (χ4v) is 4.05. The van der Waals surface area contributed by atoms with Crippen LogP contribution in [-0.2, 0) is 10.8 Å². The molecule has 1 aliphatic carbocycles. The maximum absolute atomic E-state index is 12.2. The van der Waals surface area contributed by atoms with Crippen LogP contribution in [0.15, 0.2) is 24.3 Å². The molecule has 1 unspecified atom stereocenters. The van der Waals surface area contributed by atoms with Gasteiger partial charge in [0.1, 0.15) is 0 Å². The molecule has 1 aromatic carbocycles. The second-order valence-corrected chi connectivity index (χ2v) is 6.74. The van der Waals surface area contributed by atoms with Gasteiger partial charge in [-0.15, -0.1) is 0 Å². The molecule has 0 radical (unpaired) electrons. The summed E-state index contributed by atoms with van der Waals surface area (Å²) in [4.78, 5) is 12.1. The SMILES string of the molecule is Cc1ccccc1C(=O)CS(=O)C1CCCCC1. The molecule has 0 heterocycles. The van der Waals surface area contributed by atoms with E-state index in [1.54, 1.807) is 0 Å². The highest BCUT2D eigenvalue weighted by atomic mass is 32.2. The van der Waals surface area contributed by atoms with E-state index in [4.69, 9.17) is 0 Å². The summed E-state index contributed by atoms with van der Waals surface area (Å²) in [6.45, 7) is 1.93. The van der Waals surface area contributed by atoms with Gasteiger partial charge >= 0.3 is 0 Å². The summed E-state index contributed by atoms with van der Waals surface area (Å²) in [6, 6.07) is 7.54. The van der Waals surface area contributed by atoms with Gasteiger partial charge in [-0.05, 0) is 25.3 Å². The number of aryl methyl sites for hydroxylation is 1. The molecule has 1 aliphatic rings. The molecule has 2 nitrogen and oxygen atoms in total. The fourth-order valence-electron chi connectivity index (χ4n) is 2.54. The first kappa shape index (κ1) is 13.5. The fraction of sp³-hybridized carbons (Fsp3) is 0.533. The van der Waals surface area contributed by atoms with Crippen molar-refractivity contribution in [3.05, 3.63) is 35.4 Å². The first-order valence-corrected chi connectivity index (χ1v) is 8.02. The Labute approximate surface area is 111 Å². The molecule has 1 saturated carbocycles. The van der Waals surface area contributed by atoms with Crippen molar-refractivity contribution in [1.82, 2.24) is 0 Å². The Bertz CT molecular complexity index is 448. The zero-order valence-electron chi connectivity index (χ0n) is 10.9. The minimum atomic E-state index is -0.995. The second-order valence-electron chi connectivity index (χ2n) is 5.02. The van der Waals surface area contributed by atoms with Crippen molar-refractivity contribution in [2.75, 3.05) is 5.75 Å². The van der Waals surface area contributed by atoms with Crippen LogP contribution in [0.4, 0.5) is 0 Å². The summed E-state index contributed by atoms with van der Waals surface area (Å²) in [7, 11) is -0.995. The lowest BCUT2D eigenvalue weighted by atomic mass is 10.0. The molecule has 2 rings (SSSR count). The third-order valence-corrected chi connectivity index (χ3v) is 5.40. The van der Waals surface area contributed by atoms with Crippen molar-refractivity contribution >= 4 is 16.6 Å². The summed E-state index contributed by atoms with van der Waals surface area (Å²) < 4.78 is 12.2. The van der Waals surface area contributed by atoms with Gasteiger partial charge in [-0.1, -0.05) is 43.5 Å². The maximum Gasteiger partial charge on any atom is 0.175 e. The van der Waals surface area contributed by atoms with E-state index in [1.807, 2.05) is 31.2 Å². The predicted octanol–water partition coefficient (Wildman–Crippen LogP) is 3.26. The Hall–Kier alpha value is -0.960. The molecule has 3 heteroatoms. The van der Waals surface area contributed by atoms with E-state index in [0.717, 1.165) is 36.8 Å². The smallest absolute Gasteiger partial charge is 0.175 e. The molecule has 0 bridgehead atoms. The highest BCUT2D eigenvalue weighted by molar-refractivity contribution is 7.86. The number of hydrogen-bond acceptors (Lipinski definition) is 2. The molecule has 0 saturated heterocycles. The maximum atomic E-state index is 12.2. The molecular formula is C15H20O2S. The van der Waals surface area contributed by atoms with Gasteiger partial charge in [0.05, 0.1) is 5.75 Å². The van der Waals surface area contributed by atoms with Crippen molar-refractivity contribution in [2.24, 2.45) is 0 Å². The third kappa shape index (κ3) is 3.29. The van der Waals surface area contributed by atoms with Crippen molar-refractivity contribution in [3.8, 4) is 0 Å². The van der Waals surface area contributed by atoms with E-state index in [2.05, 4.69) is 0 Å². The van der Waals surface area contributed by atoms with E-state index in [-0.39, 0.29) is 16.8 Å². The summed E-state index contributed by atoms with van der Waals surface area (Å²) >= 11 is 0. The lowest BCUT2D eigenvalue weighted by Gasteiger charge is -2.20. The van der Waals surface area contributed by atoms with Crippen molar-refractivity contribution in [2.45, 2.75) is 44.3 Å². The second kappa shape index (κ2) is 6.28. The van der Waals surface area contributed by atoms with E-state index in [0.29, 0.717) is 0 Å². The van der Waals surface area contributed by atoms with Gasteiger partial charge < -0.3 is 0 Å². The Kier molecular flexibility index (Phi) is 4.70. The normalized spacial score (nSPS) is 18.5. The van der Waals surface area contributed by atoms with Gasteiger partial charge in [-0.3, -0.25) is 9.00 Å². The molecule has 98 valence electrons. The van der Waals surface area contributed by atoms with Crippen LogP contribution in [0.2, 0.25) is 0 Å². The van der Waals surface area contributed by atoms with Crippen LogP contribution in [0.3, 0.4) is 0 Å². The molecule has 0 aliphatic heterocycles. The number of carbonyl (C=O) groups excluding carboxylic acids is 1. The average Bonchev–Trinajstić information content (AvgIpc) is 2.40. The van der Waals surface area contributed by atoms with Gasteiger partial charge in [0.2, 0.25) is 0 Å². The summed E-state index contributed by atoms with van der Waals surface area (Å²) in [6.07, 6.45) is 5.62. The quantitative estimate of drug-likeness (QED) is 0.782. The highest BCUT2D eigenvalue weighted by Gasteiger charge is 2.22. The minimum Gasteiger partial charge on any atom is -0.293 e. The first-order valence-electron chi connectivity index (χ1n) is 6.64. The van der Waals surface area contributed by atoms with Gasteiger partial charge in [0, 0.05) is 21.6 Å². The van der Waals surface area contributed by atoms with Crippen molar-refractivity contribution < 1.29 is 9.00 Å². The monoisotopic (exact) mass is 264 g/mol. The Balaban J connectivity index is 1.99. The zero-order valence-corrected chi connectivity index (χ0v) is 11.7. The molecule has 0 amide bonds. The highest BCUT2D eigenvalue weighted by Crippen LogP contribution is 2.22. The summed E-state index contributed by atoms with van der Waals surface area (Å²) in [5.74, 6) is 0.215. The van der Waals surface area contributed by atoms with Crippen LogP contribution in [0.5, 0.6) is 0 Å². The number of rotatable bonds is 4. The third-order valence-electron chi connectivity index (χ3n) is 3.64. The van der Waals surface area contributed by atoms with Crippen LogP contribution >= 0.6 is 0 Å².